The molecule has 0 spiro atoms. The molecular weight excluding hydrogens is 372 g/mol. The number of hydrogen-bond donors (Lipinski definition) is 2. The second-order valence-electron chi connectivity index (χ2n) is 8.51. The van der Waals surface area contributed by atoms with Gasteiger partial charge in [-0.3, -0.25) is 9.36 Å². The molecule has 0 radical (unpaired) electrons. The maximum Gasteiger partial charge on any atom is 0.341 e. The standard InChI is InChI=1S/C21H22N4O4/c1-11-10-29-18-16(24-5-2-13(9-24)21(23)3-4-21)6-12(8-22)14-7-15(20(27)28)19(26)25(11)17(14)18/h6-7,11,13H,2-5,9-10,23H2,1H3,(H,27,28)/t11-,13+/m0/s1. The number of benzene rings is 1. The van der Waals surface area contributed by atoms with Crippen LogP contribution in [0, 0.1) is 17.2 Å². The van der Waals surface area contributed by atoms with E-state index in [1.165, 1.54) is 10.6 Å². The van der Waals surface area contributed by atoms with E-state index in [2.05, 4.69) is 11.0 Å². The lowest BCUT2D eigenvalue weighted by molar-refractivity contribution is 0.0694. The average molecular weight is 394 g/mol. The van der Waals surface area contributed by atoms with Gasteiger partial charge in [-0.25, -0.2) is 4.79 Å². The lowest BCUT2D eigenvalue weighted by atomic mass is 9.97. The zero-order valence-corrected chi connectivity index (χ0v) is 16.1. The lowest BCUT2D eigenvalue weighted by Crippen LogP contribution is -2.36. The molecule has 2 aromatic rings. The van der Waals surface area contributed by atoms with E-state index < -0.39 is 11.5 Å². The Morgan fingerprint density at radius 1 is 1.41 bits per heavy atom. The summed E-state index contributed by atoms with van der Waals surface area (Å²) in [6, 6.07) is 4.90. The van der Waals surface area contributed by atoms with Crippen LogP contribution in [0.25, 0.3) is 10.9 Å². The fourth-order valence-electron chi connectivity index (χ4n) is 4.80. The van der Waals surface area contributed by atoms with Gasteiger partial charge < -0.3 is 20.5 Å². The third kappa shape index (κ3) is 2.54. The van der Waals surface area contributed by atoms with Crippen LogP contribution in [0.15, 0.2) is 16.9 Å². The highest BCUT2D eigenvalue weighted by atomic mass is 16.5. The number of nitriles is 1. The van der Waals surface area contributed by atoms with Crippen molar-refractivity contribution in [3.05, 3.63) is 33.6 Å². The first kappa shape index (κ1) is 18.0. The summed E-state index contributed by atoms with van der Waals surface area (Å²) in [5.41, 5.74) is 7.07. The quantitative estimate of drug-likeness (QED) is 0.814. The molecule has 3 N–H and O–H groups in total. The maximum atomic E-state index is 12.9. The molecule has 2 aliphatic heterocycles. The molecule has 8 heteroatoms. The molecule has 3 aliphatic rings. The first-order chi connectivity index (χ1) is 13.8. The average Bonchev–Trinajstić information content (AvgIpc) is 3.25. The normalized spacial score (nSPS) is 24.2. The van der Waals surface area contributed by atoms with Crippen molar-refractivity contribution < 1.29 is 14.6 Å². The van der Waals surface area contributed by atoms with Gasteiger partial charge in [0.25, 0.3) is 5.56 Å². The van der Waals surface area contributed by atoms with Gasteiger partial charge in [-0.05, 0) is 44.2 Å². The number of rotatable bonds is 3. The first-order valence-electron chi connectivity index (χ1n) is 9.90. The molecule has 150 valence electrons. The molecule has 0 bridgehead atoms. The Morgan fingerprint density at radius 3 is 2.83 bits per heavy atom. The fraction of sp³-hybridized carbons (Fsp3) is 0.476. The molecule has 1 saturated carbocycles. The summed E-state index contributed by atoms with van der Waals surface area (Å²) in [5.74, 6) is -0.349. The highest BCUT2D eigenvalue weighted by Gasteiger charge is 2.48. The maximum absolute atomic E-state index is 12.9. The van der Waals surface area contributed by atoms with Gasteiger partial charge >= 0.3 is 5.97 Å². The third-order valence-electron chi connectivity index (χ3n) is 6.68. The Balaban J connectivity index is 1.74. The number of carboxylic acids is 1. The number of carbonyl (C=O) groups is 1. The number of aromatic carboxylic acids is 1. The molecule has 1 aliphatic carbocycles. The van der Waals surface area contributed by atoms with E-state index in [1.54, 1.807) is 6.07 Å². The predicted molar refractivity (Wildman–Crippen MR) is 107 cm³/mol. The van der Waals surface area contributed by atoms with E-state index in [9.17, 15) is 20.0 Å². The highest BCUT2D eigenvalue weighted by molar-refractivity contribution is 6.00. The van der Waals surface area contributed by atoms with Gasteiger partial charge in [0.1, 0.15) is 12.2 Å². The van der Waals surface area contributed by atoms with Crippen molar-refractivity contribution in [1.82, 2.24) is 4.57 Å². The number of carboxylic acid groups (broad SMARTS) is 1. The molecule has 1 saturated heterocycles. The van der Waals surface area contributed by atoms with Crippen molar-refractivity contribution in [2.24, 2.45) is 11.7 Å². The molecule has 0 amide bonds. The molecule has 5 rings (SSSR count). The van der Waals surface area contributed by atoms with E-state index in [4.69, 9.17) is 10.5 Å². The molecule has 1 aromatic carbocycles. The Labute approximate surface area is 167 Å². The Bertz CT molecular complexity index is 1160. The Kier molecular flexibility index (Phi) is 3.71. The number of anilines is 1. The van der Waals surface area contributed by atoms with Crippen LogP contribution >= 0.6 is 0 Å². The topological polar surface area (TPSA) is 122 Å². The van der Waals surface area contributed by atoms with Crippen LogP contribution in [0.2, 0.25) is 0 Å². The van der Waals surface area contributed by atoms with Crippen LogP contribution in [-0.4, -0.2) is 40.9 Å². The summed E-state index contributed by atoms with van der Waals surface area (Å²) in [7, 11) is 0. The van der Waals surface area contributed by atoms with Crippen molar-refractivity contribution in [3.63, 3.8) is 0 Å². The second-order valence-corrected chi connectivity index (χ2v) is 8.51. The highest BCUT2D eigenvalue weighted by Crippen LogP contribution is 2.47. The number of pyridine rings is 1. The Hall–Kier alpha value is -3.05. The molecule has 8 nitrogen and oxygen atoms in total. The number of ether oxygens (including phenoxy) is 1. The molecule has 2 fully saturated rings. The number of hydrogen-bond acceptors (Lipinski definition) is 6. The minimum absolute atomic E-state index is 0.0747. The fourth-order valence-corrected chi connectivity index (χ4v) is 4.80. The van der Waals surface area contributed by atoms with E-state index >= 15 is 0 Å². The van der Waals surface area contributed by atoms with Crippen LogP contribution in [0.5, 0.6) is 5.75 Å². The van der Waals surface area contributed by atoms with E-state index in [0.29, 0.717) is 28.1 Å². The first-order valence-corrected chi connectivity index (χ1v) is 9.90. The molecule has 3 heterocycles. The molecule has 0 unspecified atom stereocenters. The summed E-state index contributed by atoms with van der Waals surface area (Å²) in [4.78, 5) is 26.7. The molecular formula is C21H22N4O4. The SMILES string of the molecule is C[C@H]1COc2c(N3CC[C@@H](C4(N)CC4)C3)cc(C#N)c3cc(C(=O)O)c(=O)n1c23. The van der Waals surface area contributed by atoms with Crippen molar-refractivity contribution in [2.75, 3.05) is 24.6 Å². The van der Waals surface area contributed by atoms with Crippen LogP contribution in [0.1, 0.15) is 48.1 Å². The van der Waals surface area contributed by atoms with Crippen LogP contribution in [0.3, 0.4) is 0 Å². The monoisotopic (exact) mass is 394 g/mol. The summed E-state index contributed by atoms with van der Waals surface area (Å²) >= 11 is 0. The molecule has 1 aromatic heterocycles. The largest absolute Gasteiger partial charge is 0.487 e. The van der Waals surface area contributed by atoms with Gasteiger partial charge in [-0.15, -0.1) is 0 Å². The smallest absolute Gasteiger partial charge is 0.341 e. The van der Waals surface area contributed by atoms with Crippen molar-refractivity contribution in [2.45, 2.75) is 37.8 Å². The van der Waals surface area contributed by atoms with Crippen LogP contribution in [-0.2, 0) is 0 Å². The van der Waals surface area contributed by atoms with E-state index in [-0.39, 0.29) is 23.8 Å². The van der Waals surface area contributed by atoms with Gasteiger partial charge in [0.15, 0.2) is 5.75 Å². The molecule has 2 atom stereocenters. The zero-order chi connectivity index (χ0) is 20.5. The Morgan fingerprint density at radius 2 is 2.17 bits per heavy atom. The minimum Gasteiger partial charge on any atom is -0.487 e. The second kappa shape index (κ2) is 5.97. The summed E-state index contributed by atoms with van der Waals surface area (Å²) < 4.78 is 7.53. The number of nitrogens with two attached hydrogens (primary N) is 1. The van der Waals surface area contributed by atoms with Gasteiger partial charge in [-0.2, -0.15) is 5.26 Å². The lowest BCUT2D eigenvalue weighted by Gasteiger charge is -2.31. The van der Waals surface area contributed by atoms with Crippen LogP contribution < -0.4 is 20.9 Å². The van der Waals surface area contributed by atoms with Crippen LogP contribution in [0.4, 0.5) is 5.69 Å². The summed E-state index contributed by atoms with van der Waals surface area (Å²) in [6.07, 6.45) is 3.08. The number of aromatic nitrogens is 1. The van der Waals surface area contributed by atoms with Gasteiger partial charge in [0, 0.05) is 24.0 Å². The van der Waals surface area contributed by atoms with E-state index in [0.717, 1.165) is 38.0 Å². The van der Waals surface area contributed by atoms with Crippen molar-refractivity contribution in [1.29, 1.82) is 5.26 Å². The van der Waals surface area contributed by atoms with Gasteiger partial charge in [0.2, 0.25) is 0 Å². The van der Waals surface area contributed by atoms with Gasteiger partial charge in [0.05, 0.1) is 28.9 Å². The third-order valence-corrected chi connectivity index (χ3v) is 6.68. The summed E-state index contributed by atoms with van der Waals surface area (Å²) in [6.45, 7) is 3.67. The summed E-state index contributed by atoms with van der Waals surface area (Å²) in [5, 5.41) is 19.7. The zero-order valence-electron chi connectivity index (χ0n) is 16.1. The van der Waals surface area contributed by atoms with Crippen molar-refractivity contribution >= 4 is 22.6 Å². The minimum atomic E-state index is -1.30. The number of nitrogens with zero attached hydrogens (tertiary/aromatic N) is 3. The van der Waals surface area contributed by atoms with E-state index in [1.807, 2.05) is 6.92 Å². The van der Waals surface area contributed by atoms with Crippen molar-refractivity contribution in [3.8, 4) is 11.8 Å². The molecule has 29 heavy (non-hydrogen) atoms. The van der Waals surface area contributed by atoms with Gasteiger partial charge in [-0.1, -0.05) is 0 Å². The predicted octanol–water partition coefficient (Wildman–Crippen LogP) is 1.84.